The van der Waals surface area contributed by atoms with Crippen LogP contribution >= 0.6 is 34.8 Å². The summed E-state index contributed by atoms with van der Waals surface area (Å²) in [5.74, 6) is -1.40. The number of alkyl halides is 3. The highest BCUT2D eigenvalue weighted by Gasteiger charge is 2.34. The van der Waals surface area contributed by atoms with E-state index in [2.05, 4.69) is 0 Å². The molecule has 0 saturated heterocycles. The van der Waals surface area contributed by atoms with Gasteiger partial charge in [-0.1, -0.05) is 40.9 Å². The van der Waals surface area contributed by atoms with Crippen LogP contribution in [0.2, 0.25) is 15.1 Å². The predicted molar refractivity (Wildman–Crippen MR) is 71.9 cm³/mol. The fourth-order valence-corrected chi connectivity index (χ4v) is 2.44. The highest BCUT2D eigenvalue weighted by molar-refractivity contribution is 6.46. The average molecular weight is 344 g/mol. The molecule has 0 bridgehead atoms. The van der Waals surface area contributed by atoms with Crippen LogP contribution in [0, 0.1) is 5.82 Å². The van der Waals surface area contributed by atoms with Crippen LogP contribution in [0.5, 0.6) is 0 Å². The van der Waals surface area contributed by atoms with E-state index in [-0.39, 0.29) is 26.2 Å². The van der Waals surface area contributed by atoms with Gasteiger partial charge in [0.05, 0.1) is 15.6 Å². The van der Waals surface area contributed by atoms with Crippen LogP contribution in [-0.2, 0) is 6.18 Å². The van der Waals surface area contributed by atoms with E-state index < -0.39 is 17.6 Å². The Morgan fingerprint density at radius 1 is 0.850 bits per heavy atom. The summed E-state index contributed by atoms with van der Waals surface area (Å²) in [6.45, 7) is 0. The van der Waals surface area contributed by atoms with Crippen molar-refractivity contribution in [3.05, 3.63) is 56.8 Å². The molecule has 0 aliphatic heterocycles. The largest absolute Gasteiger partial charge is 0.419 e. The van der Waals surface area contributed by atoms with Gasteiger partial charge in [-0.2, -0.15) is 13.2 Å². The lowest BCUT2D eigenvalue weighted by molar-refractivity contribution is -0.139. The zero-order valence-corrected chi connectivity index (χ0v) is 11.8. The highest BCUT2D eigenvalue weighted by Crippen LogP contribution is 2.40. The third kappa shape index (κ3) is 2.87. The minimum Gasteiger partial charge on any atom is -0.206 e. The van der Waals surface area contributed by atoms with E-state index in [1.165, 1.54) is 12.1 Å². The van der Waals surface area contributed by atoms with Gasteiger partial charge in [-0.25, -0.2) is 4.39 Å². The maximum absolute atomic E-state index is 13.6. The van der Waals surface area contributed by atoms with E-state index in [4.69, 9.17) is 34.8 Å². The average Bonchev–Trinajstić information content (AvgIpc) is 2.33. The summed E-state index contributed by atoms with van der Waals surface area (Å²) in [4.78, 5) is 0. The first-order valence-electron chi connectivity index (χ1n) is 5.22. The Bertz CT molecular complexity index is 665. The molecule has 106 valence electrons. The van der Waals surface area contributed by atoms with Crippen LogP contribution in [0.1, 0.15) is 5.56 Å². The van der Waals surface area contributed by atoms with E-state index in [1.807, 2.05) is 0 Å². The van der Waals surface area contributed by atoms with Gasteiger partial charge < -0.3 is 0 Å². The Morgan fingerprint density at radius 3 is 2.00 bits per heavy atom. The SMILES string of the molecule is Fc1cc(-c2c(Cl)ccc(Cl)c2Cl)ccc1C(F)(F)F. The van der Waals surface area contributed by atoms with Crippen molar-refractivity contribution < 1.29 is 17.6 Å². The van der Waals surface area contributed by atoms with Gasteiger partial charge in [0.2, 0.25) is 0 Å². The van der Waals surface area contributed by atoms with Crippen LogP contribution in [-0.4, -0.2) is 0 Å². The molecule has 20 heavy (non-hydrogen) atoms. The minimum absolute atomic E-state index is 0.0540. The minimum atomic E-state index is -4.76. The summed E-state index contributed by atoms with van der Waals surface area (Å²) in [6, 6.07) is 5.33. The molecule has 0 spiro atoms. The summed E-state index contributed by atoms with van der Waals surface area (Å²) in [5, 5.41) is 0.392. The summed E-state index contributed by atoms with van der Waals surface area (Å²) in [6.07, 6.45) is -4.76. The van der Waals surface area contributed by atoms with Gasteiger partial charge in [-0.15, -0.1) is 0 Å². The molecule has 0 aliphatic rings. The van der Waals surface area contributed by atoms with E-state index in [1.54, 1.807) is 0 Å². The molecule has 0 fully saturated rings. The fourth-order valence-electron chi connectivity index (χ4n) is 1.69. The molecule has 0 heterocycles. The highest BCUT2D eigenvalue weighted by atomic mass is 35.5. The van der Waals surface area contributed by atoms with Gasteiger partial charge in [0.25, 0.3) is 0 Å². The molecular formula is C13H5Cl3F4. The molecule has 0 nitrogen and oxygen atoms in total. The zero-order chi connectivity index (χ0) is 15.1. The van der Waals surface area contributed by atoms with Crippen molar-refractivity contribution in [1.82, 2.24) is 0 Å². The molecule has 0 aromatic heterocycles. The number of hydrogen-bond donors (Lipinski definition) is 0. The Kier molecular flexibility index (Phi) is 4.19. The first-order chi connectivity index (χ1) is 9.21. The number of halogens is 7. The van der Waals surface area contributed by atoms with Gasteiger partial charge in [0.15, 0.2) is 0 Å². The summed E-state index contributed by atoms with van der Waals surface area (Å²) < 4.78 is 51.0. The Hall–Kier alpha value is -0.970. The lowest BCUT2D eigenvalue weighted by atomic mass is 10.0. The van der Waals surface area contributed by atoms with Crippen molar-refractivity contribution >= 4 is 34.8 Å². The Balaban J connectivity index is 2.62. The molecule has 0 radical (unpaired) electrons. The predicted octanol–water partition coefficient (Wildman–Crippen LogP) is 6.47. The first kappa shape index (κ1) is 15.4. The van der Waals surface area contributed by atoms with Gasteiger partial charge in [0.1, 0.15) is 5.82 Å². The summed E-state index contributed by atoms with van der Waals surface area (Å²) in [5.41, 5.74) is -1.04. The van der Waals surface area contributed by atoms with Gasteiger partial charge in [-0.3, -0.25) is 0 Å². The molecular weight excluding hydrogens is 338 g/mol. The lowest BCUT2D eigenvalue weighted by Gasteiger charge is -2.12. The third-order valence-corrected chi connectivity index (χ3v) is 3.73. The molecule has 0 aliphatic carbocycles. The van der Waals surface area contributed by atoms with Crippen molar-refractivity contribution in [2.24, 2.45) is 0 Å². The topological polar surface area (TPSA) is 0 Å². The van der Waals surface area contributed by atoms with E-state index in [9.17, 15) is 17.6 Å². The number of hydrogen-bond acceptors (Lipinski definition) is 0. The third-order valence-electron chi connectivity index (χ3n) is 2.61. The number of rotatable bonds is 1. The van der Waals surface area contributed by atoms with Gasteiger partial charge in [-0.05, 0) is 29.8 Å². The molecule has 2 aromatic carbocycles. The Morgan fingerprint density at radius 2 is 1.45 bits per heavy atom. The van der Waals surface area contributed by atoms with Gasteiger partial charge >= 0.3 is 6.18 Å². The van der Waals surface area contributed by atoms with E-state index in [0.717, 1.165) is 12.1 Å². The Labute approximate surface area is 126 Å². The van der Waals surface area contributed by atoms with Crippen LogP contribution in [0.3, 0.4) is 0 Å². The molecule has 0 N–H and O–H groups in total. The second-order valence-electron chi connectivity index (χ2n) is 3.91. The molecule has 0 amide bonds. The van der Waals surface area contributed by atoms with Crippen LogP contribution < -0.4 is 0 Å². The normalized spacial score (nSPS) is 11.8. The quantitative estimate of drug-likeness (QED) is 0.411. The van der Waals surface area contributed by atoms with Crippen molar-refractivity contribution in [3.63, 3.8) is 0 Å². The fraction of sp³-hybridized carbons (Fsp3) is 0.0769. The zero-order valence-electron chi connectivity index (χ0n) is 9.53. The van der Waals surface area contributed by atoms with Crippen LogP contribution in [0.4, 0.5) is 17.6 Å². The smallest absolute Gasteiger partial charge is 0.206 e. The molecule has 0 unspecified atom stereocenters. The van der Waals surface area contributed by atoms with Crippen molar-refractivity contribution in [2.75, 3.05) is 0 Å². The molecule has 2 aromatic rings. The van der Waals surface area contributed by atoms with Crippen LogP contribution in [0.15, 0.2) is 30.3 Å². The van der Waals surface area contributed by atoms with E-state index >= 15 is 0 Å². The first-order valence-corrected chi connectivity index (χ1v) is 6.36. The molecule has 7 heteroatoms. The monoisotopic (exact) mass is 342 g/mol. The van der Waals surface area contributed by atoms with E-state index in [0.29, 0.717) is 6.07 Å². The summed E-state index contributed by atoms with van der Waals surface area (Å²) >= 11 is 17.7. The maximum atomic E-state index is 13.6. The van der Waals surface area contributed by atoms with Crippen LogP contribution in [0.25, 0.3) is 11.1 Å². The molecule has 0 saturated carbocycles. The van der Waals surface area contributed by atoms with Gasteiger partial charge in [0, 0.05) is 10.6 Å². The second-order valence-corrected chi connectivity index (χ2v) is 5.10. The lowest BCUT2D eigenvalue weighted by Crippen LogP contribution is -2.07. The maximum Gasteiger partial charge on any atom is 0.419 e. The molecule has 0 atom stereocenters. The van der Waals surface area contributed by atoms with Crippen molar-refractivity contribution in [2.45, 2.75) is 6.18 Å². The number of benzene rings is 2. The standard InChI is InChI=1S/C13H5Cl3F4/c14-8-3-4-9(15)12(16)11(8)6-1-2-7(10(17)5-6)13(18,19)20/h1-5H. The van der Waals surface area contributed by atoms with Crippen molar-refractivity contribution in [1.29, 1.82) is 0 Å². The molecule has 2 rings (SSSR count). The van der Waals surface area contributed by atoms with Crippen molar-refractivity contribution in [3.8, 4) is 11.1 Å². The second kappa shape index (κ2) is 5.43. The summed E-state index contributed by atoms with van der Waals surface area (Å²) in [7, 11) is 0.